The Balaban J connectivity index is 2.09. The molecule has 1 fully saturated rings. The first kappa shape index (κ1) is 12.8. The average Bonchev–Trinajstić information content (AvgIpc) is 3.01. The molecule has 2 aromatic rings. The fourth-order valence-corrected chi connectivity index (χ4v) is 2.78. The standard InChI is InChI=1S/C15H19ClN2O/c1-3-7-19-13-6-4-5-11-15(13)17-14(9-16)18(11)12-8-10(12)2/h4-6,10,12H,3,7-9H2,1-2H3. The van der Waals surface area contributed by atoms with Gasteiger partial charge < -0.3 is 9.30 Å². The van der Waals surface area contributed by atoms with Crippen molar-refractivity contribution in [2.45, 2.75) is 38.6 Å². The van der Waals surface area contributed by atoms with E-state index >= 15 is 0 Å². The van der Waals surface area contributed by atoms with Crippen molar-refractivity contribution >= 4 is 22.6 Å². The fraction of sp³-hybridized carbons (Fsp3) is 0.533. The molecule has 102 valence electrons. The van der Waals surface area contributed by atoms with Gasteiger partial charge >= 0.3 is 0 Å². The van der Waals surface area contributed by atoms with Crippen LogP contribution in [0.2, 0.25) is 0 Å². The van der Waals surface area contributed by atoms with Crippen LogP contribution in [0, 0.1) is 5.92 Å². The second-order valence-electron chi connectivity index (χ2n) is 5.28. The third-order valence-electron chi connectivity index (χ3n) is 3.74. The van der Waals surface area contributed by atoms with Gasteiger partial charge in [-0.25, -0.2) is 4.98 Å². The van der Waals surface area contributed by atoms with E-state index in [4.69, 9.17) is 16.3 Å². The Bertz CT molecular complexity index is 593. The fourth-order valence-electron chi connectivity index (χ4n) is 2.59. The third-order valence-corrected chi connectivity index (χ3v) is 3.98. The zero-order valence-corrected chi connectivity index (χ0v) is 12.2. The lowest BCUT2D eigenvalue weighted by molar-refractivity contribution is 0.320. The molecule has 1 aliphatic carbocycles. The van der Waals surface area contributed by atoms with Gasteiger partial charge in [-0.15, -0.1) is 11.6 Å². The average molecular weight is 279 g/mol. The summed E-state index contributed by atoms with van der Waals surface area (Å²) in [6, 6.07) is 6.70. The number of hydrogen-bond acceptors (Lipinski definition) is 2. The maximum Gasteiger partial charge on any atom is 0.147 e. The molecule has 0 aliphatic heterocycles. The summed E-state index contributed by atoms with van der Waals surface area (Å²) in [6.45, 7) is 5.10. The molecule has 0 bridgehead atoms. The van der Waals surface area contributed by atoms with Crippen LogP contribution in [-0.4, -0.2) is 16.2 Å². The van der Waals surface area contributed by atoms with Crippen molar-refractivity contribution in [1.82, 2.24) is 9.55 Å². The van der Waals surface area contributed by atoms with Crippen molar-refractivity contribution in [2.75, 3.05) is 6.61 Å². The van der Waals surface area contributed by atoms with Gasteiger partial charge in [-0.2, -0.15) is 0 Å². The molecular formula is C15H19ClN2O. The number of benzene rings is 1. The minimum atomic E-state index is 0.450. The van der Waals surface area contributed by atoms with E-state index in [2.05, 4.69) is 29.5 Å². The maximum absolute atomic E-state index is 6.06. The topological polar surface area (TPSA) is 27.1 Å². The molecular weight excluding hydrogens is 260 g/mol. The highest BCUT2D eigenvalue weighted by atomic mass is 35.5. The van der Waals surface area contributed by atoms with Crippen LogP contribution in [0.1, 0.15) is 38.6 Å². The minimum Gasteiger partial charge on any atom is -0.491 e. The third kappa shape index (κ3) is 2.20. The van der Waals surface area contributed by atoms with Gasteiger partial charge in [-0.1, -0.05) is 19.9 Å². The molecule has 0 radical (unpaired) electrons. The van der Waals surface area contributed by atoms with Gasteiger partial charge in [0.1, 0.15) is 17.1 Å². The van der Waals surface area contributed by atoms with Crippen LogP contribution in [0.5, 0.6) is 5.75 Å². The van der Waals surface area contributed by atoms with E-state index in [1.54, 1.807) is 0 Å². The van der Waals surface area contributed by atoms with E-state index < -0.39 is 0 Å². The lowest BCUT2D eigenvalue weighted by Crippen LogP contribution is -2.00. The smallest absolute Gasteiger partial charge is 0.147 e. The Kier molecular flexibility index (Phi) is 3.40. The first-order chi connectivity index (χ1) is 9.26. The quantitative estimate of drug-likeness (QED) is 0.769. The number of fused-ring (bicyclic) bond motifs is 1. The van der Waals surface area contributed by atoms with Gasteiger partial charge in [0.25, 0.3) is 0 Å². The van der Waals surface area contributed by atoms with E-state index in [1.165, 1.54) is 6.42 Å². The van der Waals surface area contributed by atoms with Crippen molar-refractivity contribution in [3.05, 3.63) is 24.0 Å². The molecule has 2 atom stereocenters. The van der Waals surface area contributed by atoms with Gasteiger partial charge in [-0.3, -0.25) is 0 Å². The monoisotopic (exact) mass is 278 g/mol. The van der Waals surface area contributed by atoms with Gasteiger partial charge in [0, 0.05) is 6.04 Å². The van der Waals surface area contributed by atoms with Crippen LogP contribution in [-0.2, 0) is 5.88 Å². The van der Waals surface area contributed by atoms with E-state index in [1.807, 2.05) is 12.1 Å². The number of nitrogens with zero attached hydrogens (tertiary/aromatic N) is 2. The molecule has 0 amide bonds. The Labute approximate surface area is 118 Å². The number of ether oxygens (including phenoxy) is 1. The molecule has 19 heavy (non-hydrogen) atoms. The van der Waals surface area contributed by atoms with Crippen molar-refractivity contribution in [1.29, 1.82) is 0 Å². The minimum absolute atomic E-state index is 0.450. The highest BCUT2D eigenvalue weighted by Crippen LogP contribution is 2.46. The molecule has 2 unspecified atom stereocenters. The van der Waals surface area contributed by atoms with E-state index in [0.717, 1.165) is 41.6 Å². The summed E-state index contributed by atoms with van der Waals surface area (Å²) in [4.78, 5) is 4.69. The lowest BCUT2D eigenvalue weighted by Gasteiger charge is -2.07. The Hall–Kier alpha value is -1.22. The first-order valence-electron chi connectivity index (χ1n) is 6.94. The molecule has 1 saturated carbocycles. The summed E-state index contributed by atoms with van der Waals surface area (Å²) in [5, 5.41) is 0. The second-order valence-corrected chi connectivity index (χ2v) is 5.55. The van der Waals surface area contributed by atoms with Crippen LogP contribution in [0.15, 0.2) is 18.2 Å². The van der Waals surface area contributed by atoms with Crippen LogP contribution in [0.3, 0.4) is 0 Å². The number of aromatic nitrogens is 2. The molecule has 0 saturated heterocycles. The summed E-state index contributed by atoms with van der Waals surface area (Å²) >= 11 is 6.06. The van der Waals surface area contributed by atoms with E-state index in [9.17, 15) is 0 Å². The van der Waals surface area contributed by atoms with Crippen LogP contribution >= 0.6 is 11.6 Å². The van der Waals surface area contributed by atoms with Crippen molar-refractivity contribution in [3.8, 4) is 5.75 Å². The summed E-state index contributed by atoms with van der Waals surface area (Å²) in [6.07, 6.45) is 2.22. The van der Waals surface area contributed by atoms with Crippen LogP contribution in [0.4, 0.5) is 0 Å². The normalized spacial score (nSPS) is 21.8. The first-order valence-corrected chi connectivity index (χ1v) is 7.48. The highest BCUT2D eigenvalue weighted by Gasteiger charge is 2.37. The molecule has 3 nitrogen and oxygen atoms in total. The zero-order valence-electron chi connectivity index (χ0n) is 11.4. The summed E-state index contributed by atoms with van der Waals surface area (Å²) in [5.41, 5.74) is 2.10. The molecule has 1 heterocycles. The van der Waals surface area contributed by atoms with E-state index in [-0.39, 0.29) is 0 Å². The van der Waals surface area contributed by atoms with Crippen LogP contribution < -0.4 is 4.74 Å². The summed E-state index contributed by atoms with van der Waals surface area (Å²) in [5.74, 6) is 3.00. The number of rotatable bonds is 5. The number of halogens is 1. The molecule has 4 heteroatoms. The van der Waals surface area contributed by atoms with Crippen LogP contribution in [0.25, 0.3) is 11.0 Å². The summed E-state index contributed by atoms with van der Waals surface area (Å²) < 4.78 is 8.09. The number of alkyl halides is 1. The predicted octanol–water partition coefficient (Wildman–Crippen LogP) is 4.14. The molecule has 1 aliphatic rings. The van der Waals surface area contributed by atoms with Gasteiger partial charge in [0.15, 0.2) is 0 Å². The zero-order chi connectivity index (χ0) is 13.4. The van der Waals surface area contributed by atoms with Gasteiger partial charge in [-0.05, 0) is 30.9 Å². The maximum atomic E-state index is 6.06. The van der Waals surface area contributed by atoms with E-state index in [0.29, 0.717) is 11.9 Å². The molecule has 0 spiro atoms. The molecule has 1 aromatic heterocycles. The van der Waals surface area contributed by atoms with Crippen molar-refractivity contribution in [2.24, 2.45) is 5.92 Å². The largest absolute Gasteiger partial charge is 0.491 e. The lowest BCUT2D eigenvalue weighted by atomic mass is 10.3. The highest BCUT2D eigenvalue weighted by molar-refractivity contribution is 6.16. The second kappa shape index (κ2) is 5.04. The van der Waals surface area contributed by atoms with Crippen molar-refractivity contribution in [3.63, 3.8) is 0 Å². The predicted molar refractivity (Wildman–Crippen MR) is 77.9 cm³/mol. The molecule has 1 aromatic carbocycles. The molecule has 0 N–H and O–H groups in total. The van der Waals surface area contributed by atoms with Crippen molar-refractivity contribution < 1.29 is 4.74 Å². The van der Waals surface area contributed by atoms with Gasteiger partial charge in [0.05, 0.1) is 18.0 Å². The van der Waals surface area contributed by atoms with Gasteiger partial charge in [0.2, 0.25) is 0 Å². The SMILES string of the molecule is CCCOc1cccc2c1nc(CCl)n2C1CC1C. The Morgan fingerprint density at radius 3 is 2.89 bits per heavy atom. The summed E-state index contributed by atoms with van der Waals surface area (Å²) in [7, 11) is 0. The Morgan fingerprint density at radius 2 is 2.26 bits per heavy atom. The number of imidazole rings is 1. The number of para-hydroxylation sites is 1. The Morgan fingerprint density at radius 1 is 1.47 bits per heavy atom. The number of hydrogen-bond donors (Lipinski definition) is 0. The molecule has 3 rings (SSSR count).